The second kappa shape index (κ2) is 8.03. The third-order valence-corrected chi connectivity index (χ3v) is 6.32. The van der Waals surface area contributed by atoms with Gasteiger partial charge < -0.3 is 5.32 Å². The largest absolute Gasteiger partial charge is 0.355 e. The molecule has 1 fully saturated rings. The third kappa shape index (κ3) is 4.15. The van der Waals surface area contributed by atoms with Crippen molar-refractivity contribution in [3.63, 3.8) is 0 Å². The molecule has 0 radical (unpaired) electrons. The molecule has 2 aromatic carbocycles. The van der Waals surface area contributed by atoms with Gasteiger partial charge in [-0.2, -0.15) is 4.31 Å². The van der Waals surface area contributed by atoms with E-state index in [0.29, 0.717) is 18.0 Å². The molecule has 0 bridgehead atoms. The van der Waals surface area contributed by atoms with E-state index in [4.69, 9.17) is 11.6 Å². The zero-order valence-corrected chi connectivity index (χ0v) is 15.6. The fourth-order valence-corrected chi connectivity index (χ4v) is 4.54. The molecule has 0 unspecified atom stereocenters. The maximum atomic E-state index is 13.1. The summed E-state index contributed by atoms with van der Waals surface area (Å²) in [6, 6.07) is 14.8. The number of rotatable bonds is 6. The molecular formula is C19H19ClN2O3S. The number of nitrogens with zero attached hydrogens (tertiary/aromatic N) is 1. The molecule has 26 heavy (non-hydrogen) atoms. The topological polar surface area (TPSA) is 66.5 Å². The molecule has 1 heterocycles. The summed E-state index contributed by atoms with van der Waals surface area (Å²) < 4.78 is 27.4. The first-order valence-electron chi connectivity index (χ1n) is 8.25. The SMILES string of the molecule is O=C1NCC[C@H]1N(C/C=C/c1ccccc1)S(=O)(=O)c1ccc(Cl)cc1. The number of benzene rings is 2. The molecule has 1 aliphatic heterocycles. The van der Waals surface area contributed by atoms with Crippen LogP contribution in [0.1, 0.15) is 12.0 Å². The number of halogens is 1. The van der Waals surface area contributed by atoms with Gasteiger partial charge in [0.2, 0.25) is 15.9 Å². The highest BCUT2D eigenvalue weighted by atomic mass is 35.5. The van der Waals surface area contributed by atoms with Crippen LogP contribution >= 0.6 is 11.6 Å². The predicted octanol–water partition coefficient (Wildman–Crippen LogP) is 2.93. The summed E-state index contributed by atoms with van der Waals surface area (Å²) in [6.07, 6.45) is 4.05. The normalized spacial score (nSPS) is 17.8. The summed E-state index contributed by atoms with van der Waals surface area (Å²) in [5, 5.41) is 3.16. The Labute approximate surface area is 158 Å². The van der Waals surface area contributed by atoms with Gasteiger partial charge >= 0.3 is 0 Å². The molecule has 5 nitrogen and oxygen atoms in total. The summed E-state index contributed by atoms with van der Waals surface area (Å²) in [6.45, 7) is 0.580. The number of sulfonamides is 1. The lowest BCUT2D eigenvalue weighted by Gasteiger charge is -2.25. The minimum atomic E-state index is -3.83. The summed E-state index contributed by atoms with van der Waals surface area (Å²) >= 11 is 5.86. The highest BCUT2D eigenvalue weighted by Crippen LogP contribution is 2.23. The zero-order valence-electron chi connectivity index (χ0n) is 14.0. The lowest BCUT2D eigenvalue weighted by atomic mass is 10.2. The van der Waals surface area contributed by atoms with Crippen molar-refractivity contribution in [1.82, 2.24) is 9.62 Å². The minimum Gasteiger partial charge on any atom is -0.355 e. The van der Waals surface area contributed by atoms with Gasteiger partial charge in [0.15, 0.2) is 0 Å². The van der Waals surface area contributed by atoms with E-state index in [1.54, 1.807) is 6.08 Å². The summed E-state index contributed by atoms with van der Waals surface area (Å²) in [5.41, 5.74) is 0.965. The zero-order chi connectivity index (χ0) is 18.6. The van der Waals surface area contributed by atoms with Crippen molar-refractivity contribution in [2.45, 2.75) is 17.4 Å². The Balaban J connectivity index is 1.89. The molecule has 1 N–H and O–H groups in total. The summed E-state index contributed by atoms with van der Waals surface area (Å²) in [7, 11) is -3.83. The molecule has 3 rings (SSSR count). The van der Waals surface area contributed by atoms with Gasteiger partial charge in [0.05, 0.1) is 4.90 Å². The van der Waals surface area contributed by atoms with Gasteiger partial charge in [-0.1, -0.05) is 54.1 Å². The maximum absolute atomic E-state index is 13.1. The van der Waals surface area contributed by atoms with Crippen LogP contribution in [0.5, 0.6) is 0 Å². The Morgan fingerprint density at radius 2 is 1.81 bits per heavy atom. The Hall–Kier alpha value is -2.15. The average Bonchev–Trinajstić information content (AvgIpc) is 3.05. The molecule has 0 aromatic heterocycles. The van der Waals surface area contributed by atoms with Gasteiger partial charge in [0.1, 0.15) is 6.04 Å². The lowest BCUT2D eigenvalue weighted by molar-refractivity contribution is -0.122. The number of hydrogen-bond donors (Lipinski definition) is 1. The van der Waals surface area contributed by atoms with Crippen LogP contribution in [-0.4, -0.2) is 37.8 Å². The molecule has 7 heteroatoms. The van der Waals surface area contributed by atoms with Crippen LogP contribution in [0.3, 0.4) is 0 Å². The van der Waals surface area contributed by atoms with E-state index in [1.807, 2.05) is 36.4 Å². The number of nitrogens with one attached hydrogen (secondary N) is 1. The quantitative estimate of drug-likeness (QED) is 0.824. The fourth-order valence-electron chi connectivity index (χ4n) is 2.85. The highest BCUT2D eigenvalue weighted by molar-refractivity contribution is 7.89. The molecule has 1 amide bonds. The molecule has 1 atom stereocenters. The Morgan fingerprint density at radius 1 is 1.12 bits per heavy atom. The Kier molecular flexibility index (Phi) is 5.76. The molecular weight excluding hydrogens is 372 g/mol. The van der Waals surface area contributed by atoms with E-state index in [1.165, 1.54) is 28.6 Å². The van der Waals surface area contributed by atoms with Crippen molar-refractivity contribution in [3.8, 4) is 0 Å². The van der Waals surface area contributed by atoms with Crippen LogP contribution in [0, 0.1) is 0 Å². The average molecular weight is 391 g/mol. The van der Waals surface area contributed by atoms with Gasteiger partial charge in [-0.05, 0) is 36.2 Å². The van der Waals surface area contributed by atoms with Crippen LogP contribution in [0.25, 0.3) is 6.08 Å². The molecule has 2 aromatic rings. The van der Waals surface area contributed by atoms with Crippen molar-refractivity contribution < 1.29 is 13.2 Å². The number of hydrogen-bond acceptors (Lipinski definition) is 3. The Morgan fingerprint density at radius 3 is 2.42 bits per heavy atom. The smallest absolute Gasteiger partial charge is 0.244 e. The molecule has 1 aliphatic rings. The molecule has 0 spiro atoms. The first kappa shape index (κ1) is 18.6. The first-order chi connectivity index (χ1) is 12.5. The van der Waals surface area contributed by atoms with Crippen molar-refractivity contribution >= 4 is 33.6 Å². The van der Waals surface area contributed by atoms with E-state index < -0.39 is 16.1 Å². The van der Waals surface area contributed by atoms with Gasteiger partial charge in [0.25, 0.3) is 0 Å². The predicted molar refractivity (Wildman–Crippen MR) is 102 cm³/mol. The molecule has 0 saturated carbocycles. The van der Waals surface area contributed by atoms with E-state index in [-0.39, 0.29) is 17.3 Å². The van der Waals surface area contributed by atoms with Gasteiger partial charge in [0, 0.05) is 18.1 Å². The lowest BCUT2D eigenvalue weighted by Crippen LogP contribution is -2.44. The van der Waals surface area contributed by atoms with E-state index >= 15 is 0 Å². The van der Waals surface area contributed by atoms with E-state index in [0.717, 1.165) is 5.56 Å². The Bertz CT molecular complexity index is 896. The van der Waals surface area contributed by atoms with Crippen molar-refractivity contribution in [1.29, 1.82) is 0 Å². The monoisotopic (exact) mass is 390 g/mol. The summed E-state index contributed by atoms with van der Waals surface area (Å²) in [5.74, 6) is -0.268. The van der Waals surface area contributed by atoms with Gasteiger partial charge in [-0.25, -0.2) is 8.42 Å². The second-order valence-corrected chi connectivity index (χ2v) is 8.26. The minimum absolute atomic E-state index is 0.109. The van der Waals surface area contributed by atoms with Crippen molar-refractivity contribution in [2.24, 2.45) is 0 Å². The van der Waals surface area contributed by atoms with Crippen LogP contribution in [0.4, 0.5) is 0 Å². The number of carbonyl (C=O) groups excluding carboxylic acids is 1. The highest BCUT2D eigenvalue weighted by Gasteiger charge is 2.37. The molecule has 1 saturated heterocycles. The molecule has 0 aliphatic carbocycles. The van der Waals surface area contributed by atoms with Crippen molar-refractivity contribution in [3.05, 3.63) is 71.3 Å². The first-order valence-corrected chi connectivity index (χ1v) is 10.1. The number of carbonyl (C=O) groups is 1. The number of amides is 1. The van der Waals surface area contributed by atoms with Gasteiger partial charge in [-0.15, -0.1) is 0 Å². The fraction of sp³-hybridized carbons (Fsp3) is 0.211. The van der Waals surface area contributed by atoms with Crippen LogP contribution in [-0.2, 0) is 14.8 Å². The third-order valence-electron chi connectivity index (χ3n) is 4.18. The maximum Gasteiger partial charge on any atom is 0.244 e. The molecule has 136 valence electrons. The van der Waals surface area contributed by atoms with E-state index in [2.05, 4.69) is 5.32 Å². The van der Waals surface area contributed by atoms with Crippen LogP contribution in [0.15, 0.2) is 65.6 Å². The van der Waals surface area contributed by atoms with Crippen molar-refractivity contribution in [2.75, 3.05) is 13.1 Å². The van der Waals surface area contributed by atoms with E-state index in [9.17, 15) is 13.2 Å². The standard InChI is InChI=1S/C19H19ClN2O3S/c20-16-8-10-17(11-9-16)26(24,25)22(18-12-13-21-19(18)23)14-4-7-15-5-2-1-3-6-15/h1-11,18H,12-14H2,(H,21,23)/b7-4+/t18-/m1/s1. The van der Waals surface area contributed by atoms with Gasteiger partial charge in [-0.3, -0.25) is 4.79 Å². The second-order valence-electron chi connectivity index (χ2n) is 5.94. The van der Waals surface area contributed by atoms with Crippen LogP contribution < -0.4 is 5.32 Å². The van der Waals surface area contributed by atoms with Crippen LogP contribution in [0.2, 0.25) is 5.02 Å². The summed E-state index contributed by atoms with van der Waals surface area (Å²) in [4.78, 5) is 12.2.